The van der Waals surface area contributed by atoms with E-state index in [0.29, 0.717) is 18.7 Å². The van der Waals surface area contributed by atoms with E-state index in [1.54, 1.807) is 12.1 Å². The average Bonchev–Trinajstić information content (AvgIpc) is 2.21. The predicted molar refractivity (Wildman–Crippen MR) is 63.3 cm³/mol. The van der Waals surface area contributed by atoms with Crippen molar-refractivity contribution < 1.29 is 9.90 Å². The van der Waals surface area contributed by atoms with Gasteiger partial charge >= 0.3 is 0 Å². The van der Waals surface area contributed by atoms with Crippen LogP contribution in [0.2, 0.25) is 0 Å². The summed E-state index contributed by atoms with van der Waals surface area (Å²) in [5, 5.41) is 11.9. The van der Waals surface area contributed by atoms with Crippen molar-refractivity contribution in [2.75, 3.05) is 12.3 Å². The third kappa shape index (κ3) is 4.74. The number of hydrogen-bond donors (Lipinski definition) is 3. The van der Waals surface area contributed by atoms with Crippen molar-refractivity contribution in [3.8, 4) is 5.75 Å². The molecule has 0 aromatic heterocycles. The number of carbonyl (C=O) groups is 1. The normalized spacial score (nSPS) is 9.93. The molecule has 0 aliphatic heterocycles. The lowest BCUT2D eigenvalue weighted by Gasteiger charge is -2.04. The van der Waals surface area contributed by atoms with Gasteiger partial charge in [0.2, 0.25) is 5.91 Å². The maximum atomic E-state index is 11.1. The zero-order valence-corrected chi connectivity index (χ0v) is 9.33. The topological polar surface area (TPSA) is 49.3 Å². The highest BCUT2D eigenvalue weighted by Gasteiger charge is 1.98. The first-order chi connectivity index (χ1) is 7.22. The summed E-state index contributed by atoms with van der Waals surface area (Å²) in [7, 11) is 0. The van der Waals surface area contributed by atoms with Gasteiger partial charge in [0.25, 0.3) is 0 Å². The van der Waals surface area contributed by atoms with Gasteiger partial charge in [-0.05, 0) is 29.9 Å². The lowest BCUT2D eigenvalue weighted by molar-refractivity contribution is -0.120. The Bertz CT molecular complexity index is 311. The third-order valence-corrected chi connectivity index (χ3v) is 2.23. The summed E-state index contributed by atoms with van der Waals surface area (Å²) in [5.41, 5.74) is 1.10. The Balaban J connectivity index is 2.26. The molecule has 0 saturated heterocycles. The molecule has 1 rings (SSSR count). The number of phenolic OH excluding ortho intramolecular Hbond substituents is 1. The highest BCUT2D eigenvalue weighted by molar-refractivity contribution is 7.80. The summed E-state index contributed by atoms with van der Waals surface area (Å²) < 4.78 is 0. The molecule has 2 N–H and O–H groups in total. The van der Waals surface area contributed by atoms with Crippen molar-refractivity contribution in [2.45, 2.75) is 12.8 Å². The van der Waals surface area contributed by atoms with Gasteiger partial charge in [0.1, 0.15) is 5.75 Å². The van der Waals surface area contributed by atoms with Crippen molar-refractivity contribution in [3.63, 3.8) is 0 Å². The second-order valence-corrected chi connectivity index (χ2v) is 3.69. The molecule has 0 radical (unpaired) electrons. The maximum absolute atomic E-state index is 11.1. The monoisotopic (exact) mass is 225 g/mol. The van der Waals surface area contributed by atoms with E-state index in [2.05, 4.69) is 17.9 Å². The van der Waals surface area contributed by atoms with Crippen LogP contribution in [0, 0.1) is 0 Å². The van der Waals surface area contributed by atoms with Crippen molar-refractivity contribution in [1.29, 1.82) is 0 Å². The molecule has 4 heteroatoms. The molecule has 15 heavy (non-hydrogen) atoms. The number of hydrogen-bond acceptors (Lipinski definition) is 3. The summed E-state index contributed by atoms with van der Waals surface area (Å²) in [5.74, 6) is 0.868. The second-order valence-electron chi connectivity index (χ2n) is 3.24. The van der Waals surface area contributed by atoms with E-state index in [0.717, 1.165) is 12.0 Å². The minimum Gasteiger partial charge on any atom is -0.508 e. The number of aromatic hydroxyl groups is 1. The Morgan fingerprint density at radius 3 is 2.60 bits per heavy atom. The third-order valence-electron chi connectivity index (χ3n) is 2.01. The maximum Gasteiger partial charge on any atom is 0.220 e. The molecule has 0 unspecified atom stereocenters. The molecular weight excluding hydrogens is 210 g/mol. The van der Waals surface area contributed by atoms with E-state index < -0.39 is 0 Å². The molecule has 1 aromatic rings. The van der Waals surface area contributed by atoms with Crippen molar-refractivity contribution in [1.82, 2.24) is 5.32 Å². The number of carbonyl (C=O) groups excluding carboxylic acids is 1. The number of phenols is 1. The van der Waals surface area contributed by atoms with Crippen molar-refractivity contribution in [3.05, 3.63) is 29.8 Å². The SMILES string of the molecule is O=C(CCS)NCCc1ccc(O)cc1. The first-order valence-electron chi connectivity index (χ1n) is 4.88. The Morgan fingerprint density at radius 1 is 1.33 bits per heavy atom. The Kier molecular flexibility index (Phi) is 5.04. The summed E-state index contributed by atoms with van der Waals surface area (Å²) >= 11 is 3.97. The van der Waals surface area contributed by atoms with Gasteiger partial charge in [-0.15, -0.1) is 0 Å². The van der Waals surface area contributed by atoms with Gasteiger partial charge in [-0.2, -0.15) is 12.6 Å². The molecule has 0 aliphatic carbocycles. The first kappa shape index (κ1) is 11.9. The van der Waals surface area contributed by atoms with Crippen LogP contribution >= 0.6 is 12.6 Å². The smallest absolute Gasteiger partial charge is 0.220 e. The molecule has 1 amide bonds. The van der Waals surface area contributed by atoms with Crippen molar-refractivity contribution >= 4 is 18.5 Å². The largest absolute Gasteiger partial charge is 0.508 e. The van der Waals surface area contributed by atoms with Crippen LogP contribution in [-0.4, -0.2) is 23.3 Å². The standard InChI is InChI=1S/C11H15NO2S/c13-10-3-1-9(2-4-10)5-7-12-11(14)6-8-15/h1-4,13,15H,5-8H2,(H,12,14). The van der Waals surface area contributed by atoms with E-state index in [4.69, 9.17) is 5.11 Å². The molecule has 3 nitrogen and oxygen atoms in total. The number of rotatable bonds is 5. The molecule has 0 heterocycles. The van der Waals surface area contributed by atoms with Crippen LogP contribution in [0.1, 0.15) is 12.0 Å². The van der Waals surface area contributed by atoms with E-state index in [1.807, 2.05) is 12.1 Å². The summed E-state index contributed by atoms with van der Waals surface area (Å²) in [6.45, 7) is 0.622. The fourth-order valence-corrected chi connectivity index (χ4v) is 1.40. The molecule has 82 valence electrons. The number of nitrogens with one attached hydrogen (secondary N) is 1. The minimum atomic E-state index is 0.0313. The fraction of sp³-hybridized carbons (Fsp3) is 0.364. The van der Waals surface area contributed by atoms with Crippen LogP contribution in [0.25, 0.3) is 0 Å². The molecular formula is C11H15NO2S. The van der Waals surface area contributed by atoms with Crippen LogP contribution in [0.3, 0.4) is 0 Å². The zero-order chi connectivity index (χ0) is 11.1. The van der Waals surface area contributed by atoms with Gasteiger partial charge in [-0.3, -0.25) is 4.79 Å². The summed E-state index contributed by atoms with van der Waals surface area (Å²) in [6.07, 6.45) is 1.23. The van der Waals surface area contributed by atoms with E-state index >= 15 is 0 Å². The molecule has 0 saturated carbocycles. The van der Waals surface area contributed by atoms with E-state index in [9.17, 15) is 4.79 Å². The van der Waals surface area contributed by atoms with E-state index in [1.165, 1.54) is 0 Å². The molecule has 0 bridgehead atoms. The highest BCUT2D eigenvalue weighted by Crippen LogP contribution is 2.09. The summed E-state index contributed by atoms with van der Waals surface area (Å²) in [6, 6.07) is 6.98. The molecule has 0 atom stereocenters. The molecule has 1 aromatic carbocycles. The predicted octanol–water partition coefficient (Wildman–Crippen LogP) is 1.37. The number of benzene rings is 1. The second kappa shape index (κ2) is 6.35. The highest BCUT2D eigenvalue weighted by atomic mass is 32.1. The van der Waals surface area contributed by atoms with Crippen LogP contribution in [-0.2, 0) is 11.2 Å². The number of thiol groups is 1. The van der Waals surface area contributed by atoms with Crippen LogP contribution in [0.5, 0.6) is 5.75 Å². The van der Waals surface area contributed by atoms with Crippen LogP contribution in [0.4, 0.5) is 0 Å². The van der Waals surface area contributed by atoms with E-state index in [-0.39, 0.29) is 11.7 Å². The summed E-state index contributed by atoms with van der Waals surface area (Å²) in [4.78, 5) is 11.1. The molecule has 0 fully saturated rings. The van der Waals surface area contributed by atoms with Gasteiger partial charge in [0, 0.05) is 13.0 Å². The van der Waals surface area contributed by atoms with Gasteiger partial charge in [-0.1, -0.05) is 12.1 Å². The Hall–Kier alpha value is -1.16. The molecule has 0 aliphatic rings. The minimum absolute atomic E-state index is 0.0313. The van der Waals surface area contributed by atoms with Gasteiger partial charge in [0.05, 0.1) is 0 Å². The van der Waals surface area contributed by atoms with Gasteiger partial charge in [-0.25, -0.2) is 0 Å². The molecule has 0 spiro atoms. The first-order valence-corrected chi connectivity index (χ1v) is 5.51. The van der Waals surface area contributed by atoms with Crippen molar-refractivity contribution in [2.24, 2.45) is 0 Å². The van der Waals surface area contributed by atoms with Gasteiger partial charge in [0.15, 0.2) is 0 Å². The Labute approximate surface area is 94.9 Å². The van der Waals surface area contributed by atoms with Gasteiger partial charge < -0.3 is 10.4 Å². The zero-order valence-electron chi connectivity index (χ0n) is 8.44. The quantitative estimate of drug-likeness (QED) is 0.663. The van der Waals surface area contributed by atoms with Crippen LogP contribution < -0.4 is 5.32 Å². The lowest BCUT2D eigenvalue weighted by Crippen LogP contribution is -2.25. The Morgan fingerprint density at radius 2 is 2.00 bits per heavy atom. The fourth-order valence-electron chi connectivity index (χ4n) is 1.20. The average molecular weight is 225 g/mol. The number of amides is 1. The lowest BCUT2D eigenvalue weighted by atomic mass is 10.1. The van der Waals surface area contributed by atoms with Crippen LogP contribution in [0.15, 0.2) is 24.3 Å².